The van der Waals surface area contributed by atoms with Crippen LogP contribution in [0, 0.1) is 6.92 Å². The lowest BCUT2D eigenvalue weighted by Crippen LogP contribution is -2.10. The lowest BCUT2D eigenvalue weighted by atomic mass is 10.0. The lowest BCUT2D eigenvalue weighted by Gasteiger charge is -2.10. The first-order chi connectivity index (χ1) is 20.0. The van der Waals surface area contributed by atoms with Crippen LogP contribution in [0.2, 0.25) is 0 Å². The molecule has 43 heavy (non-hydrogen) atoms. The van der Waals surface area contributed by atoms with Gasteiger partial charge in [-0.05, 0) is 91.8 Å². The Labute approximate surface area is 258 Å². The Bertz CT molecular complexity index is 1200. The van der Waals surface area contributed by atoms with Crippen molar-refractivity contribution >= 4 is 11.9 Å². The molecule has 3 rings (SSSR count). The van der Waals surface area contributed by atoms with Crippen molar-refractivity contribution in [2.45, 2.75) is 111 Å². The van der Waals surface area contributed by atoms with Gasteiger partial charge in [0, 0.05) is 0 Å². The molecule has 0 radical (unpaired) electrons. The minimum absolute atomic E-state index is 0. The Morgan fingerprint density at radius 2 is 0.953 bits per heavy atom. The molecule has 6 heteroatoms. The van der Waals surface area contributed by atoms with Crippen molar-refractivity contribution in [1.29, 1.82) is 0 Å². The van der Waals surface area contributed by atoms with Crippen molar-refractivity contribution in [3.63, 3.8) is 0 Å². The molecular formula is C37H52O6. The van der Waals surface area contributed by atoms with E-state index >= 15 is 0 Å². The SMILES string of the molecule is CCCCCCCCc1ccc(C(=O)Oc2ccc(OC(=O)c3ccc(CCCCCCCC)cc3)c(C)c2)cc1.O.O. The van der Waals surface area contributed by atoms with Crippen LogP contribution in [0.1, 0.15) is 128 Å². The van der Waals surface area contributed by atoms with Crippen molar-refractivity contribution < 1.29 is 30.0 Å². The quantitative estimate of drug-likeness (QED) is 0.0835. The van der Waals surface area contributed by atoms with Crippen LogP contribution in [-0.2, 0) is 12.8 Å². The van der Waals surface area contributed by atoms with E-state index in [-0.39, 0.29) is 11.0 Å². The molecule has 0 aliphatic rings. The number of carbonyl (C=O) groups is 2. The summed E-state index contributed by atoms with van der Waals surface area (Å²) in [6, 6.07) is 20.4. The molecule has 236 valence electrons. The maximum Gasteiger partial charge on any atom is 0.343 e. The number of benzene rings is 3. The van der Waals surface area contributed by atoms with Crippen LogP contribution in [0.25, 0.3) is 0 Å². The normalized spacial score (nSPS) is 10.4. The average molecular weight is 593 g/mol. The molecule has 0 bridgehead atoms. The van der Waals surface area contributed by atoms with Crippen molar-refractivity contribution in [2.24, 2.45) is 0 Å². The van der Waals surface area contributed by atoms with Crippen LogP contribution in [-0.4, -0.2) is 22.9 Å². The lowest BCUT2D eigenvalue weighted by molar-refractivity contribution is 0.0718. The zero-order valence-corrected chi connectivity index (χ0v) is 26.4. The summed E-state index contributed by atoms with van der Waals surface area (Å²) in [5.41, 5.74) is 4.24. The monoisotopic (exact) mass is 592 g/mol. The second kappa shape index (κ2) is 21.2. The van der Waals surface area contributed by atoms with E-state index in [0.29, 0.717) is 22.6 Å². The molecule has 4 N–H and O–H groups in total. The summed E-state index contributed by atoms with van der Waals surface area (Å²) < 4.78 is 11.2. The Kier molecular flexibility index (Phi) is 18.6. The summed E-state index contributed by atoms with van der Waals surface area (Å²) in [6.45, 7) is 6.30. The summed E-state index contributed by atoms with van der Waals surface area (Å²) in [5, 5.41) is 0. The molecule has 0 heterocycles. The van der Waals surface area contributed by atoms with Gasteiger partial charge in [-0.3, -0.25) is 0 Å². The summed E-state index contributed by atoms with van der Waals surface area (Å²) >= 11 is 0. The zero-order valence-electron chi connectivity index (χ0n) is 26.4. The van der Waals surface area contributed by atoms with Crippen LogP contribution in [0.15, 0.2) is 66.7 Å². The third kappa shape index (κ3) is 13.6. The predicted molar refractivity (Wildman–Crippen MR) is 175 cm³/mol. The summed E-state index contributed by atoms with van der Waals surface area (Å²) in [4.78, 5) is 25.4. The summed E-state index contributed by atoms with van der Waals surface area (Å²) in [6.07, 6.45) is 17.3. The van der Waals surface area contributed by atoms with Gasteiger partial charge >= 0.3 is 11.9 Å². The fourth-order valence-electron chi connectivity index (χ4n) is 4.96. The molecule has 0 spiro atoms. The fraction of sp³-hybridized carbons (Fsp3) is 0.459. The van der Waals surface area contributed by atoms with Gasteiger partial charge < -0.3 is 20.4 Å². The number of rotatable bonds is 18. The summed E-state index contributed by atoms with van der Waals surface area (Å²) in [5.74, 6) is 0.0684. The Balaban J connectivity index is 0.00000462. The smallest absolute Gasteiger partial charge is 0.343 e. The minimum Gasteiger partial charge on any atom is -0.423 e. The van der Waals surface area contributed by atoms with Crippen LogP contribution < -0.4 is 9.47 Å². The van der Waals surface area contributed by atoms with Crippen molar-refractivity contribution in [3.8, 4) is 11.5 Å². The second-order valence-corrected chi connectivity index (χ2v) is 11.1. The van der Waals surface area contributed by atoms with E-state index in [0.717, 1.165) is 18.4 Å². The van der Waals surface area contributed by atoms with Crippen LogP contribution in [0.5, 0.6) is 11.5 Å². The van der Waals surface area contributed by atoms with Gasteiger partial charge in [0.25, 0.3) is 0 Å². The first-order valence-electron chi connectivity index (χ1n) is 15.7. The van der Waals surface area contributed by atoms with E-state index in [2.05, 4.69) is 13.8 Å². The number of aryl methyl sites for hydroxylation is 3. The molecule has 3 aromatic rings. The van der Waals surface area contributed by atoms with Gasteiger partial charge in [0.15, 0.2) is 0 Å². The molecule has 0 aliphatic heterocycles. The fourth-order valence-corrected chi connectivity index (χ4v) is 4.96. The molecule has 0 aromatic heterocycles. The maximum absolute atomic E-state index is 12.7. The average Bonchev–Trinajstić information content (AvgIpc) is 2.98. The Morgan fingerprint density at radius 1 is 0.535 bits per heavy atom. The van der Waals surface area contributed by atoms with Crippen LogP contribution in [0.3, 0.4) is 0 Å². The molecule has 6 nitrogen and oxygen atoms in total. The molecule has 0 unspecified atom stereocenters. The highest BCUT2D eigenvalue weighted by molar-refractivity contribution is 5.92. The molecule has 0 saturated heterocycles. The first kappa shape index (κ1) is 37.5. The van der Waals surface area contributed by atoms with Gasteiger partial charge in [-0.25, -0.2) is 9.59 Å². The zero-order chi connectivity index (χ0) is 29.3. The van der Waals surface area contributed by atoms with Gasteiger partial charge in [-0.1, -0.05) is 102 Å². The van der Waals surface area contributed by atoms with E-state index in [4.69, 9.17) is 9.47 Å². The van der Waals surface area contributed by atoms with Crippen molar-refractivity contribution in [1.82, 2.24) is 0 Å². The van der Waals surface area contributed by atoms with Crippen molar-refractivity contribution in [2.75, 3.05) is 0 Å². The molecule has 0 saturated carbocycles. The predicted octanol–water partition coefficient (Wildman–Crippen LogP) is 8.59. The number of hydrogen-bond acceptors (Lipinski definition) is 4. The molecule has 0 aliphatic carbocycles. The number of esters is 2. The van der Waals surface area contributed by atoms with Crippen LogP contribution in [0.4, 0.5) is 0 Å². The molecular weight excluding hydrogens is 540 g/mol. The molecule has 0 fully saturated rings. The van der Waals surface area contributed by atoms with Gasteiger partial charge in [-0.15, -0.1) is 0 Å². The third-order valence-corrected chi connectivity index (χ3v) is 7.58. The van der Waals surface area contributed by atoms with E-state index in [1.165, 1.54) is 88.2 Å². The number of carbonyl (C=O) groups excluding carboxylic acids is 2. The molecule has 0 amide bonds. The number of ether oxygens (including phenoxy) is 2. The highest BCUT2D eigenvalue weighted by atomic mass is 16.5. The van der Waals surface area contributed by atoms with Gasteiger partial charge in [0.05, 0.1) is 11.1 Å². The van der Waals surface area contributed by atoms with E-state index in [1.807, 2.05) is 55.5 Å². The maximum atomic E-state index is 12.7. The highest BCUT2D eigenvalue weighted by Gasteiger charge is 2.13. The highest BCUT2D eigenvalue weighted by Crippen LogP contribution is 2.25. The third-order valence-electron chi connectivity index (χ3n) is 7.58. The van der Waals surface area contributed by atoms with E-state index in [1.54, 1.807) is 18.2 Å². The summed E-state index contributed by atoms with van der Waals surface area (Å²) in [7, 11) is 0. The van der Waals surface area contributed by atoms with Crippen molar-refractivity contribution in [3.05, 3.63) is 94.5 Å². The molecule has 0 atom stereocenters. The van der Waals surface area contributed by atoms with Gasteiger partial charge in [0.1, 0.15) is 11.5 Å². The largest absolute Gasteiger partial charge is 0.423 e. The Morgan fingerprint density at radius 3 is 1.40 bits per heavy atom. The topological polar surface area (TPSA) is 116 Å². The molecule has 3 aromatic carbocycles. The van der Waals surface area contributed by atoms with E-state index < -0.39 is 11.9 Å². The van der Waals surface area contributed by atoms with Gasteiger partial charge in [-0.2, -0.15) is 0 Å². The minimum atomic E-state index is -0.402. The first-order valence-corrected chi connectivity index (χ1v) is 15.7. The number of hydrogen-bond donors (Lipinski definition) is 0. The Hall–Kier alpha value is -3.48. The van der Waals surface area contributed by atoms with Gasteiger partial charge in [0.2, 0.25) is 0 Å². The van der Waals surface area contributed by atoms with Crippen LogP contribution >= 0.6 is 0 Å². The number of unbranched alkanes of at least 4 members (excludes halogenated alkanes) is 10. The standard InChI is InChI=1S/C37H48O4.2H2O/c1-4-6-8-10-12-14-16-30-18-22-32(23-19-30)36(38)40-34-26-27-35(29(3)28-34)41-37(39)33-24-20-31(21-25-33)17-15-13-11-9-7-5-2;;/h18-28H,4-17H2,1-3H3;2*1H2. The second-order valence-electron chi connectivity index (χ2n) is 11.1. The van der Waals surface area contributed by atoms with E-state index in [9.17, 15) is 9.59 Å².